The van der Waals surface area contributed by atoms with Gasteiger partial charge in [0.15, 0.2) is 0 Å². The van der Waals surface area contributed by atoms with Crippen molar-refractivity contribution in [1.29, 1.82) is 0 Å². The number of fused-ring (bicyclic) bond motifs is 1. The van der Waals surface area contributed by atoms with Gasteiger partial charge in [0.25, 0.3) is 0 Å². The minimum absolute atomic E-state index is 0. The van der Waals surface area contributed by atoms with E-state index in [1.165, 1.54) is 32.4 Å². The van der Waals surface area contributed by atoms with Crippen molar-refractivity contribution >= 4 is 24.8 Å². The Labute approximate surface area is 93.1 Å². The van der Waals surface area contributed by atoms with Crippen LogP contribution in [0.1, 0.15) is 19.3 Å². The second-order valence-corrected chi connectivity index (χ2v) is 4.00. The molecule has 0 spiro atoms. The summed E-state index contributed by atoms with van der Waals surface area (Å²) >= 11 is 0. The molecule has 0 unspecified atom stereocenters. The largest absolute Gasteiger partial charge is 0.329 e. The smallest absolute Gasteiger partial charge is 0.0105 e. The molecule has 0 aromatic carbocycles. The quantitative estimate of drug-likeness (QED) is 0.775. The van der Waals surface area contributed by atoms with Crippen molar-refractivity contribution in [2.45, 2.75) is 19.3 Å². The fourth-order valence-electron chi connectivity index (χ4n) is 2.70. The van der Waals surface area contributed by atoms with Crippen molar-refractivity contribution < 1.29 is 0 Å². The normalized spacial score (nSPS) is 32.1. The van der Waals surface area contributed by atoms with Crippen LogP contribution in [0, 0.1) is 11.8 Å². The lowest BCUT2D eigenvalue weighted by Gasteiger charge is -2.14. The van der Waals surface area contributed by atoms with Crippen LogP contribution in [-0.4, -0.2) is 31.1 Å². The van der Waals surface area contributed by atoms with Gasteiger partial charge in [-0.05, 0) is 24.7 Å². The van der Waals surface area contributed by atoms with Crippen molar-refractivity contribution in [1.82, 2.24) is 4.90 Å². The van der Waals surface area contributed by atoms with E-state index in [2.05, 4.69) is 4.90 Å². The maximum Gasteiger partial charge on any atom is 0.0105 e. The molecule has 2 rings (SSSR count). The van der Waals surface area contributed by atoms with Gasteiger partial charge in [-0.25, -0.2) is 0 Å². The first-order valence-corrected chi connectivity index (χ1v) is 4.82. The minimum Gasteiger partial charge on any atom is -0.329 e. The molecule has 0 aromatic rings. The number of halogens is 2. The molecular weight excluding hydrogens is 207 g/mol. The number of rotatable bonds is 2. The summed E-state index contributed by atoms with van der Waals surface area (Å²) in [5, 5.41) is 0. The summed E-state index contributed by atoms with van der Waals surface area (Å²) < 4.78 is 0. The number of nitrogens with two attached hydrogens (primary N) is 1. The maximum absolute atomic E-state index is 5.52. The van der Waals surface area contributed by atoms with Crippen LogP contribution in [0.15, 0.2) is 0 Å². The van der Waals surface area contributed by atoms with Gasteiger partial charge in [0.2, 0.25) is 0 Å². The van der Waals surface area contributed by atoms with E-state index >= 15 is 0 Å². The Morgan fingerprint density at radius 3 is 2.08 bits per heavy atom. The van der Waals surface area contributed by atoms with E-state index in [0.717, 1.165) is 24.9 Å². The van der Waals surface area contributed by atoms with E-state index in [9.17, 15) is 0 Å². The molecule has 0 bridgehead atoms. The van der Waals surface area contributed by atoms with Gasteiger partial charge < -0.3 is 10.6 Å². The van der Waals surface area contributed by atoms with Gasteiger partial charge in [0.05, 0.1) is 0 Å². The lowest BCUT2D eigenvalue weighted by atomic mass is 10.0. The molecule has 1 saturated carbocycles. The van der Waals surface area contributed by atoms with Crippen molar-refractivity contribution in [3.05, 3.63) is 0 Å². The van der Waals surface area contributed by atoms with Gasteiger partial charge in [-0.2, -0.15) is 0 Å². The van der Waals surface area contributed by atoms with Crippen molar-refractivity contribution in [2.75, 3.05) is 26.2 Å². The molecule has 13 heavy (non-hydrogen) atoms. The number of nitrogens with zero attached hydrogens (tertiary/aromatic N) is 1. The highest BCUT2D eigenvalue weighted by molar-refractivity contribution is 5.85. The van der Waals surface area contributed by atoms with Crippen LogP contribution < -0.4 is 5.73 Å². The fourth-order valence-corrected chi connectivity index (χ4v) is 2.70. The predicted molar refractivity (Wildman–Crippen MR) is 60.8 cm³/mol. The third kappa shape index (κ3) is 2.98. The second-order valence-electron chi connectivity index (χ2n) is 4.00. The third-order valence-electron chi connectivity index (χ3n) is 3.25. The molecule has 0 aromatic heterocycles. The summed E-state index contributed by atoms with van der Waals surface area (Å²) in [6, 6.07) is 0. The van der Waals surface area contributed by atoms with E-state index in [0.29, 0.717) is 0 Å². The molecule has 4 heteroatoms. The Bertz CT molecular complexity index is 132. The van der Waals surface area contributed by atoms with Gasteiger partial charge in [-0.15, -0.1) is 24.8 Å². The van der Waals surface area contributed by atoms with E-state index in [1.54, 1.807) is 0 Å². The summed E-state index contributed by atoms with van der Waals surface area (Å²) in [5.74, 6) is 2.06. The Morgan fingerprint density at radius 2 is 1.62 bits per heavy atom. The lowest BCUT2D eigenvalue weighted by Crippen LogP contribution is -2.27. The van der Waals surface area contributed by atoms with Crippen LogP contribution in [0.5, 0.6) is 0 Å². The van der Waals surface area contributed by atoms with E-state index in [-0.39, 0.29) is 24.8 Å². The van der Waals surface area contributed by atoms with Crippen LogP contribution in [0.4, 0.5) is 0 Å². The van der Waals surface area contributed by atoms with Crippen molar-refractivity contribution in [3.63, 3.8) is 0 Å². The highest BCUT2D eigenvalue weighted by Gasteiger charge is 2.35. The molecular formula is C9H20Cl2N2. The van der Waals surface area contributed by atoms with Gasteiger partial charge in [0, 0.05) is 26.2 Å². The number of hydrogen-bond donors (Lipinski definition) is 1. The zero-order chi connectivity index (χ0) is 7.68. The first-order valence-electron chi connectivity index (χ1n) is 4.82. The maximum atomic E-state index is 5.52. The van der Waals surface area contributed by atoms with Crippen molar-refractivity contribution in [2.24, 2.45) is 17.6 Å². The second kappa shape index (κ2) is 6.07. The Hall–Kier alpha value is 0.500. The molecule has 2 nitrogen and oxygen atoms in total. The molecule has 2 aliphatic rings. The summed E-state index contributed by atoms with van der Waals surface area (Å²) in [6.07, 6.45) is 4.43. The van der Waals surface area contributed by atoms with Crippen molar-refractivity contribution in [3.8, 4) is 0 Å². The molecule has 1 aliphatic heterocycles. The Morgan fingerprint density at radius 1 is 1.08 bits per heavy atom. The third-order valence-corrected chi connectivity index (χ3v) is 3.25. The van der Waals surface area contributed by atoms with Gasteiger partial charge >= 0.3 is 0 Å². The molecule has 0 amide bonds. The number of hydrogen-bond acceptors (Lipinski definition) is 2. The van der Waals surface area contributed by atoms with Gasteiger partial charge in [-0.3, -0.25) is 0 Å². The molecule has 80 valence electrons. The Kier molecular flexibility index (Phi) is 6.31. The topological polar surface area (TPSA) is 29.3 Å². The molecule has 2 fully saturated rings. The van der Waals surface area contributed by atoms with E-state index < -0.39 is 0 Å². The standard InChI is InChI=1S/C9H18N2.2ClH/c10-4-5-11-6-8-2-1-3-9(8)7-11;;/h8-9H,1-7,10H2;2*1H/t8-,9+;;. The first kappa shape index (κ1) is 13.5. The predicted octanol–water partition coefficient (Wildman–Crippen LogP) is 1.52. The molecule has 2 atom stereocenters. The van der Waals surface area contributed by atoms with Crippen LogP contribution >= 0.6 is 24.8 Å². The van der Waals surface area contributed by atoms with E-state index in [1.807, 2.05) is 0 Å². The molecule has 1 saturated heterocycles. The van der Waals surface area contributed by atoms with Crippen LogP contribution in [0.25, 0.3) is 0 Å². The van der Waals surface area contributed by atoms with Gasteiger partial charge in [0.1, 0.15) is 0 Å². The fraction of sp³-hybridized carbons (Fsp3) is 1.00. The van der Waals surface area contributed by atoms with Crippen LogP contribution in [0.2, 0.25) is 0 Å². The van der Waals surface area contributed by atoms with E-state index in [4.69, 9.17) is 5.73 Å². The average molecular weight is 227 g/mol. The number of likely N-dealkylation sites (tertiary alicyclic amines) is 1. The van der Waals surface area contributed by atoms with Crippen LogP contribution in [-0.2, 0) is 0 Å². The SMILES string of the molecule is Cl.Cl.NCCN1C[C@H]2CCC[C@H]2C1. The van der Waals surface area contributed by atoms with Gasteiger partial charge in [-0.1, -0.05) is 6.42 Å². The molecule has 1 aliphatic carbocycles. The summed E-state index contributed by atoms with van der Waals surface area (Å²) in [6.45, 7) is 4.62. The molecule has 0 radical (unpaired) electrons. The summed E-state index contributed by atoms with van der Waals surface area (Å²) in [7, 11) is 0. The molecule has 2 N–H and O–H groups in total. The highest BCUT2D eigenvalue weighted by atomic mass is 35.5. The first-order chi connectivity index (χ1) is 5.40. The average Bonchev–Trinajstić information content (AvgIpc) is 2.46. The van der Waals surface area contributed by atoms with Crippen LogP contribution in [0.3, 0.4) is 0 Å². The summed E-state index contributed by atoms with van der Waals surface area (Å²) in [5.41, 5.74) is 5.52. The monoisotopic (exact) mass is 226 g/mol. The lowest BCUT2D eigenvalue weighted by molar-refractivity contribution is 0.320. The highest BCUT2D eigenvalue weighted by Crippen LogP contribution is 2.37. The zero-order valence-electron chi connectivity index (χ0n) is 7.95. The minimum atomic E-state index is 0. The molecule has 1 heterocycles. The zero-order valence-corrected chi connectivity index (χ0v) is 9.58. The summed E-state index contributed by atoms with van der Waals surface area (Å²) in [4.78, 5) is 2.54. The Balaban J connectivity index is 0.000000720.